The van der Waals surface area contributed by atoms with E-state index < -0.39 is 29.4 Å². The summed E-state index contributed by atoms with van der Waals surface area (Å²) in [7, 11) is 1.50. The SMILES string of the molecule is COc1cc2nncc(N[C@H](C)c3cccc(C(F)F)c3F)c2cc1C1(O)CCN(C(C)=O)CC1. The van der Waals surface area contributed by atoms with Crippen molar-refractivity contribution in [3.8, 4) is 5.75 Å². The van der Waals surface area contributed by atoms with Gasteiger partial charge in [-0.3, -0.25) is 4.79 Å². The molecule has 3 aromatic rings. The number of nitrogens with one attached hydrogen (secondary N) is 1. The lowest BCUT2D eigenvalue weighted by Gasteiger charge is -2.38. The number of hydrogen-bond donors (Lipinski definition) is 2. The third-order valence-corrected chi connectivity index (χ3v) is 6.63. The smallest absolute Gasteiger partial charge is 0.266 e. The molecule has 1 aromatic heterocycles. The molecule has 0 spiro atoms. The molecule has 0 radical (unpaired) electrons. The predicted molar refractivity (Wildman–Crippen MR) is 125 cm³/mol. The summed E-state index contributed by atoms with van der Waals surface area (Å²) in [5.74, 6) is -0.564. The summed E-state index contributed by atoms with van der Waals surface area (Å²) in [4.78, 5) is 13.4. The minimum atomic E-state index is -2.92. The maximum atomic E-state index is 14.7. The van der Waals surface area contributed by atoms with Crippen molar-refractivity contribution in [3.05, 3.63) is 59.0 Å². The fourth-order valence-corrected chi connectivity index (χ4v) is 4.58. The highest BCUT2D eigenvalue weighted by Crippen LogP contribution is 2.41. The zero-order valence-corrected chi connectivity index (χ0v) is 19.7. The first-order valence-corrected chi connectivity index (χ1v) is 11.3. The van der Waals surface area contributed by atoms with Crippen LogP contribution in [-0.4, -0.2) is 46.3 Å². The molecule has 1 aliphatic rings. The van der Waals surface area contributed by atoms with E-state index in [1.807, 2.05) is 0 Å². The summed E-state index contributed by atoms with van der Waals surface area (Å²) in [6.45, 7) is 3.97. The van der Waals surface area contributed by atoms with Crippen LogP contribution in [0.3, 0.4) is 0 Å². The number of carbonyl (C=O) groups is 1. The molecule has 1 aliphatic heterocycles. The maximum Gasteiger partial charge on any atom is 0.266 e. The Balaban J connectivity index is 1.72. The van der Waals surface area contributed by atoms with E-state index >= 15 is 0 Å². The highest BCUT2D eigenvalue weighted by Gasteiger charge is 2.37. The van der Waals surface area contributed by atoms with Gasteiger partial charge in [0.05, 0.1) is 41.7 Å². The average molecular weight is 489 g/mol. The number of piperidine rings is 1. The Morgan fingerprint density at radius 3 is 2.54 bits per heavy atom. The molecule has 2 N–H and O–H groups in total. The van der Waals surface area contributed by atoms with Crippen LogP contribution < -0.4 is 10.1 Å². The Hall–Kier alpha value is -3.40. The largest absolute Gasteiger partial charge is 0.496 e. The molecule has 2 heterocycles. The van der Waals surface area contributed by atoms with Crippen molar-refractivity contribution in [2.75, 3.05) is 25.5 Å². The molecule has 10 heteroatoms. The van der Waals surface area contributed by atoms with Crippen LogP contribution in [0.1, 0.15) is 55.8 Å². The minimum Gasteiger partial charge on any atom is -0.496 e. The van der Waals surface area contributed by atoms with E-state index in [9.17, 15) is 23.1 Å². The lowest BCUT2D eigenvalue weighted by Crippen LogP contribution is -2.44. The fraction of sp³-hybridized carbons (Fsp3) is 0.400. The van der Waals surface area contributed by atoms with Crippen molar-refractivity contribution in [1.29, 1.82) is 0 Å². The summed E-state index contributed by atoms with van der Waals surface area (Å²) in [5, 5.41) is 23.4. The summed E-state index contributed by atoms with van der Waals surface area (Å²) in [6.07, 6.45) is -0.794. The molecule has 7 nitrogen and oxygen atoms in total. The van der Waals surface area contributed by atoms with Gasteiger partial charge in [0.2, 0.25) is 5.91 Å². The van der Waals surface area contributed by atoms with E-state index in [0.29, 0.717) is 53.8 Å². The van der Waals surface area contributed by atoms with Crippen molar-refractivity contribution in [2.24, 2.45) is 0 Å². The molecule has 4 rings (SSSR count). The maximum absolute atomic E-state index is 14.7. The number of fused-ring (bicyclic) bond motifs is 1. The number of carbonyl (C=O) groups excluding carboxylic acids is 1. The van der Waals surface area contributed by atoms with Crippen LogP contribution >= 0.6 is 0 Å². The standard InChI is InChI=1S/C25H27F3N4O3/c1-14(16-5-4-6-17(23(16)26)24(27)28)30-21-13-29-31-20-12-22(35-3)19(11-18(20)21)25(34)7-9-32(10-8-25)15(2)33/h4-6,11-14,24,34H,7-10H2,1-3H3,(H,30,31)/t14-/m1/s1. The van der Waals surface area contributed by atoms with E-state index in [1.54, 1.807) is 24.0 Å². The quantitative estimate of drug-likeness (QED) is 0.522. The van der Waals surface area contributed by atoms with Gasteiger partial charge in [0, 0.05) is 42.6 Å². The molecular formula is C25H27F3N4O3. The first-order valence-electron chi connectivity index (χ1n) is 11.3. The molecule has 1 saturated heterocycles. The fourth-order valence-electron chi connectivity index (χ4n) is 4.58. The topological polar surface area (TPSA) is 87.6 Å². The number of aliphatic hydroxyl groups is 1. The van der Waals surface area contributed by atoms with Crippen LogP contribution in [0.2, 0.25) is 0 Å². The Kier molecular flexibility index (Phi) is 6.84. The molecule has 0 aliphatic carbocycles. The number of likely N-dealkylation sites (tertiary alicyclic amines) is 1. The van der Waals surface area contributed by atoms with Gasteiger partial charge in [0.1, 0.15) is 11.6 Å². The van der Waals surface area contributed by atoms with E-state index in [-0.39, 0.29) is 11.5 Å². The second kappa shape index (κ2) is 9.69. The van der Waals surface area contributed by atoms with Gasteiger partial charge in [0.25, 0.3) is 6.43 Å². The Labute approximate surface area is 200 Å². The first-order chi connectivity index (χ1) is 16.6. The van der Waals surface area contributed by atoms with Gasteiger partial charge < -0.3 is 20.1 Å². The molecule has 2 aromatic carbocycles. The first kappa shape index (κ1) is 24.7. The van der Waals surface area contributed by atoms with Gasteiger partial charge >= 0.3 is 0 Å². The van der Waals surface area contributed by atoms with Crippen LogP contribution in [-0.2, 0) is 10.4 Å². The lowest BCUT2D eigenvalue weighted by molar-refractivity contribution is -0.133. The summed E-state index contributed by atoms with van der Waals surface area (Å²) in [6, 6.07) is 6.68. The van der Waals surface area contributed by atoms with Gasteiger partial charge in [-0.25, -0.2) is 13.2 Å². The zero-order chi connectivity index (χ0) is 25.3. The second-order valence-corrected chi connectivity index (χ2v) is 8.78. The van der Waals surface area contributed by atoms with E-state index in [2.05, 4.69) is 15.5 Å². The molecule has 186 valence electrons. The average Bonchev–Trinajstić information content (AvgIpc) is 2.83. The van der Waals surface area contributed by atoms with Crippen molar-refractivity contribution >= 4 is 22.5 Å². The molecule has 0 saturated carbocycles. The van der Waals surface area contributed by atoms with E-state index in [0.717, 1.165) is 6.07 Å². The summed E-state index contributed by atoms with van der Waals surface area (Å²) < 4.78 is 46.6. The van der Waals surface area contributed by atoms with Crippen LogP contribution in [0.4, 0.5) is 18.9 Å². The Bertz CT molecular complexity index is 1250. The third kappa shape index (κ3) is 4.75. The highest BCUT2D eigenvalue weighted by molar-refractivity contribution is 5.92. The van der Waals surface area contributed by atoms with Crippen LogP contribution in [0.5, 0.6) is 5.75 Å². The monoisotopic (exact) mass is 488 g/mol. The van der Waals surface area contributed by atoms with Crippen LogP contribution in [0.25, 0.3) is 10.9 Å². The lowest BCUT2D eigenvalue weighted by atomic mass is 9.83. The van der Waals surface area contributed by atoms with E-state index in [1.165, 1.54) is 32.4 Å². The molecule has 1 fully saturated rings. The highest BCUT2D eigenvalue weighted by atomic mass is 19.3. The third-order valence-electron chi connectivity index (χ3n) is 6.63. The number of aromatic nitrogens is 2. The molecule has 35 heavy (non-hydrogen) atoms. The van der Waals surface area contributed by atoms with Crippen LogP contribution in [0, 0.1) is 5.82 Å². The summed E-state index contributed by atoms with van der Waals surface area (Å²) >= 11 is 0. The predicted octanol–water partition coefficient (Wildman–Crippen LogP) is 4.72. The molecule has 1 atom stereocenters. The van der Waals surface area contributed by atoms with Gasteiger partial charge in [-0.2, -0.15) is 10.2 Å². The zero-order valence-electron chi connectivity index (χ0n) is 19.7. The number of hydrogen-bond acceptors (Lipinski definition) is 6. The molecule has 0 unspecified atom stereocenters. The molecular weight excluding hydrogens is 461 g/mol. The van der Waals surface area contributed by atoms with Crippen molar-refractivity contribution in [2.45, 2.75) is 44.8 Å². The van der Waals surface area contributed by atoms with Gasteiger partial charge in [-0.05, 0) is 25.8 Å². The Morgan fingerprint density at radius 2 is 1.91 bits per heavy atom. The minimum absolute atomic E-state index is 0.0450. The number of alkyl halides is 2. The van der Waals surface area contributed by atoms with Crippen molar-refractivity contribution in [3.63, 3.8) is 0 Å². The van der Waals surface area contributed by atoms with Gasteiger partial charge in [0.15, 0.2) is 0 Å². The van der Waals surface area contributed by atoms with Gasteiger partial charge in [-0.1, -0.05) is 18.2 Å². The number of amides is 1. The van der Waals surface area contributed by atoms with Crippen LogP contribution in [0.15, 0.2) is 36.5 Å². The number of halogens is 3. The number of anilines is 1. The van der Waals surface area contributed by atoms with Crippen molar-refractivity contribution < 1.29 is 27.8 Å². The number of methoxy groups -OCH3 is 1. The number of nitrogens with zero attached hydrogens (tertiary/aromatic N) is 3. The second-order valence-electron chi connectivity index (χ2n) is 8.78. The Morgan fingerprint density at radius 1 is 1.23 bits per heavy atom. The number of ether oxygens (including phenoxy) is 1. The normalized spacial score (nSPS) is 16.4. The molecule has 1 amide bonds. The summed E-state index contributed by atoms with van der Waals surface area (Å²) in [5.41, 5.74) is -0.260. The van der Waals surface area contributed by atoms with E-state index in [4.69, 9.17) is 4.74 Å². The molecule has 0 bridgehead atoms. The number of rotatable bonds is 6. The number of benzene rings is 2. The van der Waals surface area contributed by atoms with Gasteiger partial charge in [-0.15, -0.1) is 0 Å². The van der Waals surface area contributed by atoms with Crippen molar-refractivity contribution in [1.82, 2.24) is 15.1 Å².